The van der Waals surface area contributed by atoms with Gasteiger partial charge in [0.2, 0.25) is 0 Å². The lowest BCUT2D eigenvalue weighted by atomic mass is 9.85. The first-order chi connectivity index (χ1) is 32.8. The summed E-state index contributed by atoms with van der Waals surface area (Å²) in [6.45, 7) is 2.87. The maximum atomic E-state index is 12.8. The summed E-state index contributed by atoms with van der Waals surface area (Å²) >= 11 is 0. The summed E-state index contributed by atoms with van der Waals surface area (Å²) in [6, 6.07) is 0. The summed E-state index contributed by atoms with van der Waals surface area (Å²) in [5.74, 6) is -1.49. The Kier molecular flexibility index (Phi) is 37.2. The van der Waals surface area contributed by atoms with Gasteiger partial charge in [-0.3, -0.25) is 18.6 Å². The first kappa shape index (κ1) is 62.0. The Balaban J connectivity index is 2.62. The van der Waals surface area contributed by atoms with E-state index >= 15 is 0 Å². The van der Waals surface area contributed by atoms with Gasteiger partial charge in [0.1, 0.15) is 43.2 Å². The summed E-state index contributed by atoms with van der Waals surface area (Å²) in [7, 11) is -5.22. The van der Waals surface area contributed by atoms with Gasteiger partial charge in [-0.2, -0.15) is 0 Å². The Morgan fingerprint density at radius 1 is 0.544 bits per heavy atom. The van der Waals surface area contributed by atoms with Crippen LogP contribution in [-0.4, -0.2) is 110 Å². The van der Waals surface area contributed by atoms with Gasteiger partial charge in [0.25, 0.3) is 0 Å². The molecule has 0 aromatic rings. The molecule has 382 valence electrons. The molecule has 0 radical (unpaired) electrons. The molecule has 14 nitrogen and oxygen atoms in total. The van der Waals surface area contributed by atoms with E-state index in [2.05, 4.69) is 98.9 Å². The molecule has 1 rings (SSSR count). The highest BCUT2D eigenvalue weighted by molar-refractivity contribution is 7.47. The number of aliphatic hydroxyl groups excluding tert-OH is 6. The number of aliphatic hydroxyl groups is 6. The first-order valence-electron chi connectivity index (χ1n) is 24.1. The Morgan fingerprint density at radius 2 is 1.00 bits per heavy atom. The largest absolute Gasteiger partial charge is 0.472 e. The summed E-state index contributed by atoms with van der Waals surface area (Å²) in [4.78, 5) is 35.7. The summed E-state index contributed by atoms with van der Waals surface area (Å²) in [5.41, 5.74) is 0. The third-order valence-corrected chi connectivity index (χ3v) is 11.1. The van der Waals surface area contributed by atoms with Crippen LogP contribution in [0.25, 0.3) is 0 Å². The van der Waals surface area contributed by atoms with Gasteiger partial charge in [0.05, 0.1) is 12.7 Å². The Labute approximate surface area is 405 Å². The molecule has 15 heteroatoms. The molecular weight excluding hydrogens is 892 g/mol. The Morgan fingerprint density at radius 3 is 1.50 bits per heavy atom. The van der Waals surface area contributed by atoms with Crippen molar-refractivity contribution in [1.82, 2.24) is 0 Å². The number of hydrogen-bond acceptors (Lipinski definition) is 13. The molecule has 0 aromatic heterocycles. The van der Waals surface area contributed by atoms with Crippen LogP contribution in [0.2, 0.25) is 0 Å². The molecule has 0 bridgehead atoms. The molecule has 1 saturated carbocycles. The fourth-order valence-electron chi connectivity index (χ4n) is 6.20. The third kappa shape index (κ3) is 32.7. The molecule has 1 fully saturated rings. The number of phosphoric ester groups is 1. The van der Waals surface area contributed by atoms with Crippen LogP contribution in [0.15, 0.2) is 134 Å². The molecule has 0 aromatic carbocycles. The lowest BCUT2D eigenvalue weighted by Gasteiger charge is -2.41. The lowest BCUT2D eigenvalue weighted by Crippen LogP contribution is -2.64. The van der Waals surface area contributed by atoms with Crippen molar-refractivity contribution in [3.8, 4) is 0 Å². The van der Waals surface area contributed by atoms with Gasteiger partial charge < -0.3 is 45.0 Å². The molecule has 1 aliphatic carbocycles. The number of phosphoric acid groups is 1. The fourth-order valence-corrected chi connectivity index (χ4v) is 7.17. The Hall–Kier alpha value is -4.05. The zero-order valence-corrected chi connectivity index (χ0v) is 41.1. The van der Waals surface area contributed by atoms with Crippen LogP contribution >= 0.6 is 7.82 Å². The maximum Gasteiger partial charge on any atom is 0.472 e. The van der Waals surface area contributed by atoms with E-state index in [1.165, 1.54) is 25.3 Å². The summed E-state index contributed by atoms with van der Waals surface area (Å²) in [6.07, 6.45) is 42.5. The van der Waals surface area contributed by atoms with Gasteiger partial charge in [0, 0.05) is 12.8 Å². The molecular formula is C53H81O14P. The van der Waals surface area contributed by atoms with Crippen molar-refractivity contribution < 1.29 is 68.2 Å². The topological polar surface area (TPSA) is 230 Å². The van der Waals surface area contributed by atoms with E-state index in [0.29, 0.717) is 19.3 Å². The predicted octanol–water partition coefficient (Wildman–Crippen LogP) is 8.91. The second-order valence-corrected chi connectivity index (χ2v) is 17.5. The first-order valence-corrected chi connectivity index (χ1v) is 25.6. The van der Waals surface area contributed by atoms with Crippen LogP contribution in [0.5, 0.6) is 0 Å². The smallest absolute Gasteiger partial charge is 0.462 e. The molecule has 9 atom stereocenters. The van der Waals surface area contributed by atoms with E-state index in [4.69, 9.17) is 18.5 Å². The van der Waals surface area contributed by atoms with Crippen molar-refractivity contribution in [1.29, 1.82) is 0 Å². The van der Waals surface area contributed by atoms with Gasteiger partial charge in [-0.1, -0.05) is 160 Å². The maximum absolute atomic E-state index is 12.8. The van der Waals surface area contributed by atoms with E-state index in [9.17, 15) is 49.7 Å². The van der Waals surface area contributed by atoms with E-state index in [0.717, 1.165) is 51.4 Å². The summed E-state index contributed by atoms with van der Waals surface area (Å²) in [5, 5.41) is 60.6. The number of esters is 2. The molecule has 0 heterocycles. The molecule has 7 N–H and O–H groups in total. The number of unbranched alkanes of at least 4 members (excludes halogenated alkanes) is 3. The van der Waals surface area contributed by atoms with Gasteiger partial charge in [-0.15, -0.1) is 0 Å². The third-order valence-electron chi connectivity index (χ3n) is 10.1. The van der Waals surface area contributed by atoms with Crippen molar-refractivity contribution in [3.05, 3.63) is 134 Å². The van der Waals surface area contributed by atoms with E-state index in [-0.39, 0.29) is 19.3 Å². The number of ether oxygens (including phenoxy) is 2. The minimum absolute atomic E-state index is 0.0153. The van der Waals surface area contributed by atoms with Crippen molar-refractivity contribution in [3.63, 3.8) is 0 Å². The Bertz CT molecular complexity index is 1710. The average Bonchev–Trinajstić information content (AvgIpc) is 3.32. The number of rotatable bonds is 37. The van der Waals surface area contributed by atoms with E-state index in [1.54, 1.807) is 12.2 Å². The number of allylic oxidation sites excluding steroid dienone is 21. The van der Waals surface area contributed by atoms with Crippen molar-refractivity contribution >= 4 is 19.8 Å². The fraction of sp³-hybridized carbons (Fsp3) is 0.547. The monoisotopic (exact) mass is 973 g/mol. The van der Waals surface area contributed by atoms with E-state index in [1.807, 2.05) is 30.4 Å². The average molecular weight is 973 g/mol. The highest BCUT2D eigenvalue weighted by atomic mass is 31.2. The van der Waals surface area contributed by atoms with E-state index < -0.39 is 81.8 Å². The van der Waals surface area contributed by atoms with Gasteiger partial charge in [-0.25, -0.2) is 4.57 Å². The number of hydrogen-bond donors (Lipinski definition) is 7. The SMILES string of the molecule is CC/C=C\C/C=C\C/C=C\C/C=C\C/C=C\C=C/C(O)CCC(=O)O[C@H](COC(=O)CC/C=C\C/C=C\C/C=C\C/C=C\C/C=C\CCCCC)COP(=O)(O)OC1[C@H](O)[C@H](O)C(O)[C@H](O)[C@H]1O. The summed E-state index contributed by atoms with van der Waals surface area (Å²) < 4.78 is 33.3. The molecule has 4 unspecified atom stereocenters. The van der Waals surface area contributed by atoms with Crippen LogP contribution in [0.1, 0.15) is 123 Å². The highest BCUT2D eigenvalue weighted by Gasteiger charge is 2.51. The minimum Gasteiger partial charge on any atom is -0.462 e. The molecule has 0 saturated heterocycles. The van der Waals surface area contributed by atoms with Gasteiger partial charge >= 0.3 is 19.8 Å². The van der Waals surface area contributed by atoms with Crippen LogP contribution < -0.4 is 0 Å². The van der Waals surface area contributed by atoms with Crippen molar-refractivity contribution in [2.45, 2.75) is 172 Å². The highest BCUT2D eigenvalue weighted by Crippen LogP contribution is 2.47. The second-order valence-electron chi connectivity index (χ2n) is 16.1. The van der Waals surface area contributed by atoms with Gasteiger partial charge in [-0.05, 0) is 83.5 Å². The molecule has 0 spiro atoms. The minimum atomic E-state index is -5.22. The van der Waals surface area contributed by atoms with Gasteiger partial charge in [0.15, 0.2) is 6.10 Å². The number of carbonyl (C=O) groups excluding carboxylic acids is 2. The molecule has 1 aliphatic rings. The standard InChI is InChI=1S/C53H81O14P/c1-3-5-7-9-11-13-15-17-19-21-22-23-25-27-29-31-33-35-37-39-46(55)64-42-45(43-65-68(62,63)67-53-51(60)49(58)48(57)50(59)52(53)61)66-47(56)41-40-44(54)38-36-34-32-30-28-26-24-20-18-16-14-12-10-8-6-4-2/h6,8,11-14,17-20,22-23,26-29,32-36,38,44-45,48-54,57-61H,3-5,7,9-10,15-16,21,24-25,30-31,37,39-43H2,1-2H3,(H,62,63)/b8-6-,13-11-,14-12-,19-17-,20-18-,23-22-,28-26-,29-27-,34-32-,35-33-,38-36-/t44?,45-,48?,49-,50+,51-,52-,53?/m1/s1. The van der Waals surface area contributed by atoms with Crippen LogP contribution in [0, 0.1) is 0 Å². The lowest BCUT2D eigenvalue weighted by molar-refractivity contribution is -0.220. The zero-order chi connectivity index (χ0) is 50.1. The number of carbonyl (C=O) groups is 2. The van der Waals surface area contributed by atoms with Crippen LogP contribution in [0.3, 0.4) is 0 Å². The van der Waals surface area contributed by atoms with Crippen molar-refractivity contribution in [2.75, 3.05) is 13.2 Å². The molecule has 0 amide bonds. The van der Waals surface area contributed by atoms with Crippen LogP contribution in [-0.2, 0) is 32.7 Å². The van der Waals surface area contributed by atoms with Crippen LogP contribution in [0.4, 0.5) is 0 Å². The van der Waals surface area contributed by atoms with Crippen molar-refractivity contribution in [2.24, 2.45) is 0 Å². The zero-order valence-electron chi connectivity index (χ0n) is 40.2. The molecule has 0 aliphatic heterocycles. The second kappa shape index (κ2) is 40.8. The predicted molar refractivity (Wildman–Crippen MR) is 268 cm³/mol. The quantitative estimate of drug-likeness (QED) is 0.0101. The molecule has 68 heavy (non-hydrogen) atoms. The normalized spacial score (nSPS) is 22.7.